The molecule has 1 heterocycles. The van der Waals surface area contributed by atoms with E-state index in [1.54, 1.807) is 11.8 Å². The molecule has 0 amide bonds. The lowest BCUT2D eigenvalue weighted by molar-refractivity contribution is 0.415. The second-order valence-electron chi connectivity index (χ2n) is 5.00. The zero-order valence-corrected chi connectivity index (χ0v) is 12.0. The van der Waals surface area contributed by atoms with Crippen LogP contribution >= 0.6 is 0 Å². The first-order chi connectivity index (χ1) is 9.67. The van der Waals surface area contributed by atoms with E-state index in [-0.39, 0.29) is 0 Å². The molecule has 2 rings (SSSR count). The van der Waals surface area contributed by atoms with Gasteiger partial charge >= 0.3 is 0 Å². The van der Waals surface area contributed by atoms with E-state index in [4.69, 9.17) is 4.74 Å². The van der Waals surface area contributed by atoms with E-state index >= 15 is 0 Å². The minimum absolute atomic E-state index is 0.332. The van der Waals surface area contributed by atoms with E-state index < -0.39 is 0 Å². The largest absolute Gasteiger partial charge is 0.496 e. The number of ether oxygens (including phenoxy) is 1. The van der Waals surface area contributed by atoms with Crippen molar-refractivity contribution in [2.75, 3.05) is 7.11 Å². The number of benzene rings is 1. The van der Waals surface area contributed by atoms with E-state index in [1.165, 1.54) is 0 Å². The molecule has 1 aromatic carbocycles. The van der Waals surface area contributed by atoms with Crippen molar-refractivity contribution in [3.8, 4) is 23.1 Å². The van der Waals surface area contributed by atoms with Crippen LogP contribution in [0.5, 0.6) is 5.75 Å². The summed E-state index contributed by atoms with van der Waals surface area (Å²) in [6.07, 6.45) is 0.983. The quantitative estimate of drug-likeness (QED) is 0.838. The summed E-state index contributed by atoms with van der Waals surface area (Å²) in [5, 5.41) is 17.3. The van der Waals surface area contributed by atoms with E-state index in [1.807, 2.05) is 24.3 Å². The molecule has 0 N–H and O–H groups in total. The predicted octanol–water partition coefficient (Wildman–Crippen LogP) is 2.87. The third-order valence-electron chi connectivity index (χ3n) is 3.12. The Kier molecular flexibility index (Phi) is 4.36. The summed E-state index contributed by atoms with van der Waals surface area (Å²) in [7, 11) is 1.62. The Morgan fingerprint density at radius 2 is 2.10 bits per heavy atom. The molecule has 0 fully saturated rings. The molecule has 104 valence electrons. The maximum Gasteiger partial charge on any atom is 0.190 e. The van der Waals surface area contributed by atoms with Crippen molar-refractivity contribution in [2.45, 2.75) is 26.8 Å². The van der Waals surface area contributed by atoms with E-state index in [0.717, 1.165) is 30.0 Å². The summed E-state index contributed by atoms with van der Waals surface area (Å²) in [4.78, 5) is 0. The van der Waals surface area contributed by atoms with Gasteiger partial charge in [-0.05, 0) is 24.5 Å². The van der Waals surface area contributed by atoms with Gasteiger partial charge in [0.25, 0.3) is 0 Å². The Bertz CT molecular complexity index is 625. The Labute approximate surface area is 118 Å². The van der Waals surface area contributed by atoms with E-state index in [0.29, 0.717) is 11.6 Å². The van der Waals surface area contributed by atoms with Crippen molar-refractivity contribution >= 4 is 0 Å². The summed E-state index contributed by atoms with van der Waals surface area (Å²) in [5.74, 6) is 1.28. The van der Waals surface area contributed by atoms with Gasteiger partial charge in [0.15, 0.2) is 5.69 Å². The topological polar surface area (TPSA) is 63.7 Å². The Hall–Kier alpha value is -2.35. The third kappa shape index (κ3) is 2.80. The highest BCUT2D eigenvalue weighted by Crippen LogP contribution is 2.31. The zero-order chi connectivity index (χ0) is 14.5. The molecule has 0 radical (unpaired) electrons. The summed E-state index contributed by atoms with van der Waals surface area (Å²) in [6.45, 7) is 5.05. The number of aromatic nitrogens is 3. The number of nitriles is 1. The zero-order valence-electron chi connectivity index (χ0n) is 12.0. The molecule has 0 aliphatic rings. The van der Waals surface area contributed by atoms with Crippen molar-refractivity contribution < 1.29 is 4.74 Å². The van der Waals surface area contributed by atoms with Gasteiger partial charge in [0.2, 0.25) is 0 Å². The van der Waals surface area contributed by atoms with Crippen LogP contribution in [0.25, 0.3) is 11.3 Å². The second kappa shape index (κ2) is 6.20. The monoisotopic (exact) mass is 270 g/mol. The molecule has 0 spiro atoms. The highest BCUT2D eigenvalue weighted by atomic mass is 16.5. The molecule has 1 aromatic heterocycles. The van der Waals surface area contributed by atoms with Gasteiger partial charge in [-0.15, -0.1) is 5.10 Å². The average Bonchev–Trinajstić information content (AvgIpc) is 2.87. The molecule has 20 heavy (non-hydrogen) atoms. The first-order valence-electron chi connectivity index (χ1n) is 6.64. The van der Waals surface area contributed by atoms with Crippen LogP contribution in [0.2, 0.25) is 0 Å². The van der Waals surface area contributed by atoms with Gasteiger partial charge in [-0.2, -0.15) is 5.26 Å². The number of rotatable bonds is 5. The number of aryl methyl sites for hydroxylation is 1. The fourth-order valence-corrected chi connectivity index (χ4v) is 2.03. The number of methoxy groups -OCH3 is 1. The fourth-order valence-electron chi connectivity index (χ4n) is 2.03. The van der Waals surface area contributed by atoms with E-state index in [9.17, 15) is 5.26 Å². The van der Waals surface area contributed by atoms with Gasteiger partial charge in [0, 0.05) is 12.1 Å². The predicted molar refractivity (Wildman–Crippen MR) is 76.2 cm³/mol. The molecule has 2 aromatic rings. The Balaban J connectivity index is 2.48. The van der Waals surface area contributed by atoms with Crippen LogP contribution in [0, 0.1) is 17.2 Å². The number of para-hydroxylation sites is 1. The standard InChI is InChI=1S/C15H18N4O/c1-11(2)8-9-19-15(13(10-16)17-18-19)12-6-4-5-7-14(12)20-3/h4-7,11H,8-9H2,1-3H3. The van der Waals surface area contributed by atoms with Gasteiger partial charge in [0.1, 0.15) is 17.5 Å². The van der Waals surface area contributed by atoms with Crippen LogP contribution in [0.3, 0.4) is 0 Å². The third-order valence-corrected chi connectivity index (χ3v) is 3.12. The maximum atomic E-state index is 9.23. The highest BCUT2D eigenvalue weighted by Gasteiger charge is 2.18. The normalized spacial score (nSPS) is 10.6. The van der Waals surface area contributed by atoms with Crippen molar-refractivity contribution in [1.29, 1.82) is 5.26 Å². The van der Waals surface area contributed by atoms with Crippen molar-refractivity contribution in [1.82, 2.24) is 15.0 Å². The molecule has 0 saturated carbocycles. The number of hydrogen-bond donors (Lipinski definition) is 0. The van der Waals surface area contributed by atoms with Gasteiger partial charge in [0.05, 0.1) is 7.11 Å². The number of nitrogens with zero attached hydrogens (tertiary/aromatic N) is 4. The molecular formula is C15H18N4O. The summed E-state index contributed by atoms with van der Waals surface area (Å²) >= 11 is 0. The smallest absolute Gasteiger partial charge is 0.190 e. The van der Waals surface area contributed by atoms with Gasteiger partial charge in [-0.1, -0.05) is 31.2 Å². The lowest BCUT2D eigenvalue weighted by Gasteiger charge is -2.11. The van der Waals surface area contributed by atoms with Crippen molar-refractivity contribution in [3.63, 3.8) is 0 Å². The van der Waals surface area contributed by atoms with Gasteiger partial charge in [-0.3, -0.25) is 0 Å². The minimum atomic E-state index is 0.332. The van der Waals surface area contributed by atoms with Crippen LogP contribution in [-0.2, 0) is 6.54 Å². The summed E-state index contributed by atoms with van der Waals surface area (Å²) in [5.41, 5.74) is 1.91. The SMILES string of the molecule is COc1ccccc1-c1c(C#N)nnn1CCC(C)C. The molecule has 5 heteroatoms. The van der Waals surface area contributed by atoms with E-state index in [2.05, 4.69) is 30.2 Å². The Morgan fingerprint density at radius 3 is 2.75 bits per heavy atom. The van der Waals surface area contributed by atoms with Crippen LogP contribution in [-0.4, -0.2) is 22.1 Å². The molecule has 0 aliphatic carbocycles. The van der Waals surface area contributed by atoms with Gasteiger partial charge in [-0.25, -0.2) is 4.68 Å². The Morgan fingerprint density at radius 1 is 1.35 bits per heavy atom. The molecule has 5 nitrogen and oxygen atoms in total. The highest BCUT2D eigenvalue weighted by molar-refractivity contribution is 5.71. The summed E-state index contributed by atoms with van der Waals surface area (Å²) in [6, 6.07) is 9.71. The molecule has 0 unspecified atom stereocenters. The molecule has 0 saturated heterocycles. The van der Waals surface area contributed by atoms with Crippen LogP contribution in [0.4, 0.5) is 0 Å². The van der Waals surface area contributed by atoms with Crippen LogP contribution in [0.15, 0.2) is 24.3 Å². The number of hydrogen-bond acceptors (Lipinski definition) is 4. The first kappa shape index (κ1) is 14.1. The molecule has 0 bridgehead atoms. The minimum Gasteiger partial charge on any atom is -0.496 e. The van der Waals surface area contributed by atoms with Gasteiger partial charge < -0.3 is 4.74 Å². The second-order valence-corrected chi connectivity index (χ2v) is 5.00. The molecule has 0 aliphatic heterocycles. The first-order valence-corrected chi connectivity index (χ1v) is 6.64. The summed E-state index contributed by atoms with van der Waals surface area (Å²) < 4.78 is 7.16. The fraction of sp³-hybridized carbons (Fsp3) is 0.400. The average molecular weight is 270 g/mol. The van der Waals surface area contributed by atoms with Crippen LogP contribution in [0.1, 0.15) is 26.0 Å². The lowest BCUT2D eigenvalue weighted by Crippen LogP contribution is -2.06. The van der Waals surface area contributed by atoms with Crippen molar-refractivity contribution in [3.05, 3.63) is 30.0 Å². The molecular weight excluding hydrogens is 252 g/mol. The molecule has 0 atom stereocenters. The van der Waals surface area contributed by atoms with Crippen LogP contribution < -0.4 is 4.74 Å². The lowest BCUT2D eigenvalue weighted by atomic mass is 10.1. The van der Waals surface area contributed by atoms with Crippen molar-refractivity contribution in [2.24, 2.45) is 5.92 Å². The maximum absolute atomic E-state index is 9.23.